The van der Waals surface area contributed by atoms with Crippen LogP contribution in [-0.2, 0) is 43.6 Å². The lowest BCUT2D eigenvalue weighted by Gasteiger charge is -2.45. The molecule has 0 aromatic heterocycles. The number of rotatable bonds is 11. The van der Waals surface area contributed by atoms with Gasteiger partial charge in [0.2, 0.25) is 5.91 Å². The van der Waals surface area contributed by atoms with E-state index in [9.17, 15) is 4.79 Å². The van der Waals surface area contributed by atoms with Gasteiger partial charge in [-0.2, -0.15) is 0 Å². The summed E-state index contributed by atoms with van der Waals surface area (Å²) in [5, 5.41) is 3.09. The molecule has 0 aliphatic carbocycles. The third-order valence-electron chi connectivity index (χ3n) is 6.62. The summed E-state index contributed by atoms with van der Waals surface area (Å²) in [5.41, 5.74) is 6.59. The minimum absolute atomic E-state index is 0.174. The van der Waals surface area contributed by atoms with E-state index in [0.717, 1.165) is 16.7 Å². The maximum atomic E-state index is 12.4. The van der Waals surface area contributed by atoms with Gasteiger partial charge in [-0.05, 0) is 16.7 Å². The summed E-state index contributed by atoms with van der Waals surface area (Å²) in [6, 6.07) is 29.5. The predicted molar refractivity (Wildman–Crippen MR) is 164 cm³/mol. The predicted octanol–water partition coefficient (Wildman–Crippen LogP) is 5.53. The van der Waals surface area contributed by atoms with E-state index < -0.39 is 38.5 Å². The van der Waals surface area contributed by atoms with Crippen molar-refractivity contribution in [2.75, 3.05) is 6.61 Å². The second-order valence-corrected chi connectivity index (χ2v) is 16.1. The summed E-state index contributed by atoms with van der Waals surface area (Å²) in [7, 11) is -1.73. The summed E-state index contributed by atoms with van der Waals surface area (Å²) in [4.78, 5) is 12.4. The molecule has 216 valence electrons. The van der Waals surface area contributed by atoms with Crippen molar-refractivity contribution in [3.05, 3.63) is 108 Å². The van der Waals surface area contributed by atoms with Gasteiger partial charge in [-0.3, -0.25) is 4.79 Å². The Hall–Kier alpha value is -3.25. The molecular weight excluding hydrogens is 530 g/mol. The van der Waals surface area contributed by atoms with Crippen molar-refractivity contribution in [1.29, 1.82) is 0 Å². The van der Waals surface area contributed by atoms with Crippen molar-refractivity contribution in [2.45, 2.75) is 76.8 Å². The number of hydrogen-bond acceptors (Lipinski definition) is 5. The fraction of sp³-hybridized carbons (Fsp3) is 0.382. The molecule has 3 aromatic carbocycles. The average Bonchev–Trinajstić information content (AvgIpc) is 2.96. The van der Waals surface area contributed by atoms with Crippen LogP contribution in [0.1, 0.15) is 23.6 Å². The zero-order valence-electron chi connectivity index (χ0n) is 24.4. The number of benzene rings is 3. The largest absolute Gasteiger partial charge is 0.374 e. The smallest absolute Gasteiger partial charge is 0.217 e. The van der Waals surface area contributed by atoms with Crippen LogP contribution in [0.3, 0.4) is 0 Å². The molecule has 1 aliphatic heterocycles. The Labute approximate surface area is 245 Å². The first-order chi connectivity index (χ1) is 19.8. The number of hydrogen-bond donors (Lipinski definition) is 1. The second-order valence-electron chi connectivity index (χ2n) is 11.4. The van der Waals surface area contributed by atoms with Crippen LogP contribution in [0.2, 0.25) is 19.6 Å². The second kappa shape index (κ2) is 15.1. The third-order valence-corrected chi connectivity index (χ3v) is 7.51. The molecule has 0 radical (unpaired) electrons. The van der Waals surface area contributed by atoms with Gasteiger partial charge in [-0.25, -0.2) is 0 Å². The molecule has 1 amide bonds. The normalized spacial score (nSPS) is 22.4. The highest BCUT2D eigenvalue weighted by atomic mass is 28.3. The third kappa shape index (κ3) is 9.96. The average molecular weight is 572 g/mol. The lowest BCUT2D eigenvalue weighted by molar-refractivity contribution is -0.222. The van der Waals surface area contributed by atoms with Gasteiger partial charge in [0.05, 0.1) is 32.5 Å². The van der Waals surface area contributed by atoms with Crippen LogP contribution in [0.25, 0.3) is 0 Å². The SMILES string of the molecule is CC(=O)N[C@@H]1[C@@H](OCc2ccccc2)[C@@H](OCc2ccccc2)[C@@H](COCc2ccccc2)O[C@@H]1C#C[Si](C)(C)C. The molecular formula is C34H41NO5Si. The van der Waals surface area contributed by atoms with Crippen LogP contribution < -0.4 is 5.32 Å². The van der Waals surface area contributed by atoms with E-state index in [2.05, 4.69) is 36.4 Å². The number of carbonyl (C=O) groups is 1. The van der Waals surface area contributed by atoms with Gasteiger partial charge in [-0.1, -0.05) is 117 Å². The van der Waals surface area contributed by atoms with Crippen molar-refractivity contribution in [1.82, 2.24) is 5.32 Å². The molecule has 3 aromatic rings. The molecule has 0 spiro atoms. The molecule has 7 heteroatoms. The number of nitrogens with one attached hydrogen (secondary N) is 1. The Bertz CT molecular complexity index is 1270. The summed E-state index contributed by atoms with van der Waals surface area (Å²) in [5.74, 6) is 3.19. The maximum absolute atomic E-state index is 12.4. The van der Waals surface area contributed by atoms with Gasteiger partial charge in [0.1, 0.15) is 32.5 Å². The minimum atomic E-state index is -1.73. The van der Waals surface area contributed by atoms with Gasteiger partial charge < -0.3 is 24.3 Å². The van der Waals surface area contributed by atoms with Crippen LogP contribution in [0.5, 0.6) is 0 Å². The first-order valence-electron chi connectivity index (χ1n) is 14.2. The minimum Gasteiger partial charge on any atom is -0.374 e. The molecule has 0 unspecified atom stereocenters. The Balaban J connectivity index is 1.65. The topological polar surface area (TPSA) is 66.0 Å². The van der Waals surface area contributed by atoms with Crippen LogP contribution in [0.15, 0.2) is 91.0 Å². The monoisotopic (exact) mass is 571 g/mol. The highest BCUT2D eigenvalue weighted by Gasteiger charge is 2.47. The molecule has 1 heterocycles. The first-order valence-corrected chi connectivity index (χ1v) is 17.7. The van der Waals surface area contributed by atoms with Crippen molar-refractivity contribution in [3.63, 3.8) is 0 Å². The number of carbonyl (C=O) groups excluding carboxylic acids is 1. The number of ether oxygens (including phenoxy) is 4. The summed E-state index contributed by atoms with van der Waals surface area (Å²) < 4.78 is 26.0. The van der Waals surface area contributed by atoms with Crippen molar-refractivity contribution >= 4 is 14.0 Å². The lowest BCUT2D eigenvalue weighted by atomic mass is 9.92. The quantitative estimate of drug-likeness (QED) is 0.242. The molecule has 41 heavy (non-hydrogen) atoms. The Morgan fingerprint density at radius 2 is 1.27 bits per heavy atom. The summed E-state index contributed by atoms with van der Waals surface area (Å²) in [6.07, 6.45) is -2.08. The molecule has 1 aliphatic rings. The van der Waals surface area contributed by atoms with E-state index in [1.807, 2.05) is 91.0 Å². The van der Waals surface area contributed by atoms with Crippen molar-refractivity contribution < 1.29 is 23.7 Å². The molecule has 0 bridgehead atoms. The van der Waals surface area contributed by atoms with E-state index in [0.29, 0.717) is 19.8 Å². The van der Waals surface area contributed by atoms with Crippen LogP contribution >= 0.6 is 0 Å². The molecule has 1 N–H and O–H groups in total. The van der Waals surface area contributed by atoms with E-state index in [1.165, 1.54) is 6.92 Å². The Morgan fingerprint density at radius 1 is 0.780 bits per heavy atom. The Kier molecular flexibility index (Phi) is 11.3. The van der Waals surface area contributed by atoms with Gasteiger partial charge in [0, 0.05) is 6.92 Å². The van der Waals surface area contributed by atoms with Gasteiger partial charge in [-0.15, -0.1) is 5.54 Å². The van der Waals surface area contributed by atoms with Gasteiger partial charge in [0.15, 0.2) is 0 Å². The van der Waals surface area contributed by atoms with Crippen molar-refractivity contribution in [2.24, 2.45) is 0 Å². The fourth-order valence-electron chi connectivity index (χ4n) is 4.68. The van der Waals surface area contributed by atoms with Gasteiger partial charge >= 0.3 is 0 Å². The van der Waals surface area contributed by atoms with E-state index >= 15 is 0 Å². The van der Waals surface area contributed by atoms with Crippen LogP contribution in [-0.4, -0.2) is 51.0 Å². The summed E-state index contributed by atoms with van der Waals surface area (Å²) in [6.45, 7) is 9.53. The molecule has 1 fully saturated rings. The van der Waals surface area contributed by atoms with Crippen LogP contribution in [0, 0.1) is 11.5 Å². The van der Waals surface area contributed by atoms with E-state index in [1.54, 1.807) is 0 Å². The lowest BCUT2D eigenvalue weighted by Crippen LogP contribution is -2.65. The van der Waals surface area contributed by atoms with Gasteiger partial charge in [0.25, 0.3) is 0 Å². The Morgan fingerprint density at radius 3 is 1.76 bits per heavy atom. The zero-order valence-corrected chi connectivity index (χ0v) is 25.4. The number of amides is 1. The summed E-state index contributed by atoms with van der Waals surface area (Å²) >= 11 is 0. The standard InChI is InChI=1S/C34H41NO5Si/c1-26(36)35-32-30(20-21-41(2,3)4)40-31(25-37-22-27-14-8-5-9-15-27)33(38-23-28-16-10-6-11-17-28)34(32)39-24-29-18-12-7-13-19-29/h5-19,30-34H,22-25H2,1-4H3,(H,35,36)/t30-,31-,32+,33+,34-/m1/s1. The zero-order chi connectivity index (χ0) is 29.1. The molecule has 6 nitrogen and oxygen atoms in total. The fourth-order valence-corrected chi connectivity index (χ4v) is 5.25. The van der Waals surface area contributed by atoms with E-state index in [4.69, 9.17) is 18.9 Å². The molecule has 0 saturated carbocycles. The highest BCUT2D eigenvalue weighted by molar-refractivity contribution is 6.83. The van der Waals surface area contributed by atoms with Crippen molar-refractivity contribution in [3.8, 4) is 11.5 Å². The van der Waals surface area contributed by atoms with E-state index in [-0.39, 0.29) is 12.5 Å². The van der Waals surface area contributed by atoms with Crippen LogP contribution in [0.4, 0.5) is 0 Å². The molecule has 4 rings (SSSR count). The first kappa shape index (κ1) is 30.7. The molecule has 5 atom stereocenters. The molecule has 1 saturated heterocycles. The maximum Gasteiger partial charge on any atom is 0.217 e. The highest BCUT2D eigenvalue weighted by Crippen LogP contribution is 2.29.